The summed E-state index contributed by atoms with van der Waals surface area (Å²) in [5.74, 6) is 0.0738. The molecule has 1 atom stereocenters. The molecule has 0 bridgehead atoms. The Morgan fingerprint density at radius 2 is 2.14 bits per heavy atom. The third kappa shape index (κ3) is 3.44. The number of hydrogen-bond acceptors (Lipinski definition) is 5. The third-order valence-corrected chi connectivity index (χ3v) is 4.21. The average molecular weight is 302 g/mol. The Morgan fingerprint density at radius 1 is 1.32 bits per heavy atom. The largest absolute Gasteiger partial charge is 0.382 e. The van der Waals surface area contributed by atoms with Crippen LogP contribution in [0.2, 0.25) is 0 Å². The third-order valence-electron chi connectivity index (χ3n) is 4.21. The maximum Gasteiger partial charge on any atom is 0.266 e. The van der Waals surface area contributed by atoms with Gasteiger partial charge in [-0.3, -0.25) is 14.7 Å². The van der Waals surface area contributed by atoms with E-state index in [1.807, 2.05) is 36.2 Å². The van der Waals surface area contributed by atoms with Crippen molar-refractivity contribution in [1.29, 1.82) is 0 Å². The molecule has 0 radical (unpaired) electrons. The van der Waals surface area contributed by atoms with Crippen molar-refractivity contribution in [2.45, 2.75) is 32.4 Å². The molecule has 0 aliphatic carbocycles. The number of nitrogens with zero attached hydrogens (tertiary/aromatic N) is 4. The molecule has 6 nitrogen and oxygen atoms in total. The van der Waals surface area contributed by atoms with Crippen LogP contribution < -0.4 is 0 Å². The lowest BCUT2D eigenvalue weighted by molar-refractivity contribution is -0.143. The summed E-state index contributed by atoms with van der Waals surface area (Å²) in [4.78, 5) is 26.3. The minimum absolute atomic E-state index is 0.0738. The molecule has 2 aliphatic rings. The smallest absolute Gasteiger partial charge is 0.266 e. The van der Waals surface area contributed by atoms with Gasteiger partial charge in [-0.05, 0) is 18.6 Å². The lowest BCUT2D eigenvalue weighted by Crippen LogP contribution is -2.51. The molecule has 0 N–H and O–H groups in total. The minimum Gasteiger partial charge on any atom is -0.382 e. The van der Waals surface area contributed by atoms with Gasteiger partial charge in [0.15, 0.2) is 0 Å². The van der Waals surface area contributed by atoms with E-state index in [0.29, 0.717) is 6.42 Å². The Hall–Kier alpha value is -1.95. The van der Waals surface area contributed by atoms with Gasteiger partial charge in [-0.15, -0.1) is 0 Å². The van der Waals surface area contributed by atoms with Crippen LogP contribution in [-0.4, -0.2) is 58.7 Å². The van der Waals surface area contributed by atoms with E-state index in [4.69, 9.17) is 4.84 Å². The van der Waals surface area contributed by atoms with Gasteiger partial charge in [0, 0.05) is 45.3 Å². The fourth-order valence-corrected chi connectivity index (χ4v) is 2.82. The second-order valence-corrected chi connectivity index (χ2v) is 5.73. The van der Waals surface area contributed by atoms with Crippen molar-refractivity contribution in [2.24, 2.45) is 5.16 Å². The van der Waals surface area contributed by atoms with Crippen LogP contribution in [0.25, 0.3) is 0 Å². The first-order chi connectivity index (χ1) is 10.8. The number of piperazine rings is 1. The standard InChI is InChI=1S/C16H22N4O2/c1-2-13-11-15(22-18-13)16(21)20-9-7-19(8-10-20)12-14-5-3-4-6-17-14/h3-6,15H,2,7-12H2,1H3/t15-/m0/s1. The maximum absolute atomic E-state index is 12.4. The van der Waals surface area contributed by atoms with Crippen LogP contribution >= 0.6 is 0 Å². The summed E-state index contributed by atoms with van der Waals surface area (Å²) >= 11 is 0. The molecule has 2 aliphatic heterocycles. The van der Waals surface area contributed by atoms with Crippen LogP contribution in [0.4, 0.5) is 0 Å². The fraction of sp³-hybridized carbons (Fsp3) is 0.562. The lowest BCUT2D eigenvalue weighted by atomic mass is 10.1. The van der Waals surface area contributed by atoms with Gasteiger partial charge < -0.3 is 9.74 Å². The van der Waals surface area contributed by atoms with Gasteiger partial charge in [0.2, 0.25) is 6.10 Å². The molecule has 3 rings (SSSR count). The molecule has 3 heterocycles. The van der Waals surface area contributed by atoms with Gasteiger partial charge in [0.05, 0.1) is 11.4 Å². The van der Waals surface area contributed by atoms with Gasteiger partial charge in [-0.1, -0.05) is 18.1 Å². The van der Waals surface area contributed by atoms with Crippen molar-refractivity contribution >= 4 is 11.6 Å². The van der Waals surface area contributed by atoms with Crippen molar-refractivity contribution in [1.82, 2.24) is 14.8 Å². The second-order valence-electron chi connectivity index (χ2n) is 5.73. The van der Waals surface area contributed by atoms with Crippen molar-refractivity contribution in [3.63, 3.8) is 0 Å². The Labute approximate surface area is 130 Å². The van der Waals surface area contributed by atoms with E-state index >= 15 is 0 Å². The molecule has 1 aromatic rings. The summed E-state index contributed by atoms with van der Waals surface area (Å²) in [5.41, 5.74) is 2.05. The monoisotopic (exact) mass is 302 g/mol. The number of aromatic nitrogens is 1. The zero-order chi connectivity index (χ0) is 15.4. The van der Waals surface area contributed by atoms with Crippen LogP contribution in [0.15, 0.2) is 29.6 Å². The normalized spacial score (nSPS) is 22.3. The summed E-state index contributed by atoms with van der Waals surface area (Å²) in [6, 6.07) is 5.96. The van der Waals surface area contributed by atoms with E-state index in [1.165, 1.54) is 0 Å². The number of carbonyl (C=O) groups excluding carboxylic acids is 1. The van der Waals surface area contributed by atoms with E-state index in [9.17, 15) is 4.79 Å². The molecule has 0 unspecified atom stereocenters. The second kappa shape index (κ2) is 6.87. The first-order valence-corrected chi connectivity index (χ1v) is 7.89. The number of carbonyl (C=O) groups is 1. The number of pyridine rings is 1. The Morgan fingerprint density at radius 3 is 2.77 bits per heavy atom. The predicted octanol–water partition coefficient (Wildman–Crippen LogP) is 1.28. The number of rotatable bonds is 4. The summed E-state index contributed by atoms with van der Waals surface area (Å²) in [7, 11) is 0. The lowest BCUT2D eigenvalue weighted by Gasteiger charge is -2.35. The molecule has 0 spiro atoms. The van der Waals surface area contributed by atoms with E-state index in [2.05, 4.69) is 15.0 Å². The first-order valence-electron chi connectivity index (χ1n) is 7.89. The van der Waals surface area contributed by atoms with Gasteiger partial charge >= 0.3 is 0 Å². The van der Waals surface area contributed by atoms with Crippen molar-refractivity contribution in [3.8, 4) is 0 Å². The highest BCUT2D eigenvalue weighted by Crippen LogP contribution is 2.16. The molecule has 6 heteroatoms. The van der Waals surface area contributed by atoms with Crippen LogP contribution in [0.3, 0.4) is 0 Å². The molecular weight excluding hydrogens is 280 g/mol. The molecule has 1 fully saturated rings. The molecule has 0 aromatic carbocycles. The highest BCUT2D eigenvalue weighted by atomic mass is 16.6. The van der Waals surface area contributed by atoms with Crippen LogP contribution in [-0.2, 0) is 16.2 Å². The number of amides is 1. The molecule has 118 valence electrons. The Balaban J connectivity index is 1.47. The fourth-order valence-electron chi connectivity index (χ4n) is 2.82. The molecular formula is C16H22N4O2. The predicted molar refractivity (Wildman–Crippen MR) is 83.3 cm³/mol. The number of oxime groups is 1. The minimum atomic E-state index is -0.405. The van der Waals surface area contributed by atoms with Crippen molar-refractivity contribution in [2.75, 3.05) is 26.2 Å². The highest BCUT2D eigenvalue weighted by Gasteiger charge is 2.32. The summed E-state index contributed by atoms with van der Waals surface area (Å²) in [6.45, 7) is 6.10. The van der Waals surface area contributed by atoms with E-state index in [1.54, 1.807) is 0 Å². The molecule has 22 heavy (non-hydrogen) atoms. The SMILES string of the molecule is CCC1=NO[C@H](C(=O)N2CCN(Cc3ccccn3)CC2)C1. The van der Waals surface area contributed by atoms with E-state index in [0.717, 1.165) is 50.6 Å². The Kier molecular flexibility index (Phi) is 4.68. The van der Waals surface area contributed by atoms with E-state index < -0.39 is 6.10 Å². The van der Waals surface area contributed by atoms with Crippen LogP contribution in [0, 0.1) is 0 Å². The number of hydrogen-bond donors (Lipinski definition) is 0. The zero-order valence-electron chi connectivity index (χ0n) is 12.9. The van der Waals surface area contributed by atoms with Crippen LogP contribution in [0.5, 0.6) is 0 Å². The van der Waals surface area contributed by atoms with Gasteiger partial charge in [0.1, 0.15) is 0 Å². The molecule has 1 amide bonds. The van der Waals surface area contributed by atoms with Gasteiger partial charge in [0.25, 0.3) is 5.91 Å². The van der Waals surface area contributed by atoms with Gasteiger partial charge in [-0.2, -0.15) is 0 Å². The van der Waals surface area contributed by atoms with Gasteiger partial charge in [-0.25, -0.2) is 0 Å². The Bertz CT molecular complexity index is 538. The molecule has 0 saturated carbocycles. The average Bonchev–Trinajstić information content (AvgIpc) is 3.05. The molecule has 1 aromatic heterocycles. The van der Waals surface area contributed by atoms with Crippen LogP contribution in [0.1, 0.15) is 25.5 Å². The van der Waals surface area contributed by atoms with Crippen molar-refractivity contribution < 1.29 is 9.63 Å². The maximum atomic E-state index is 12.4. The molecule has 1 saturated heterocycles. The highest BCUT2D eigenvalue weighted by molar-refractivity contribution is 5.92. The quantitative estimate of drug-likeness (QED) is 0.841. The van der Waals surface area contributed by atoms with Crippen molar-refractivity contribution in [3.05, 3.63) is 30.1 Å². The van der Waals surface area contributed by atoms with E-state index in [-0.39, 0.29) is 5.91 Å². The summed E-state index contributed by atoms with van der Waals surface area (Å²) < 4.78 is 0. The summed E-state index contributed by atoms with van der Waals surface area (Å²) in [5, 5.41) is 3.97. The topological polar surface area (TPSA) is 58.0 Å². The first kappa shape index (κ1) is 15.0. The zero-order valence-corrected chi connectivity index (χ0v) is 12.9. The summed E-state index contributed by atoms with van der Waals surface area (Å²) in [6.07, 6.45) is 2.90.